The van der Waals surface area contributed by atoms with Crippen LogP contribution in [-0.2, 0) is 6.54 Å². The van der Waals surface area contributed by atoms with Gasteiger partial charge in [-0.25, -0.2) is 9.07 Å². The third-order valence-corrected chi connectivity index (χ3v) is 4.38. The molecule has 4 rings (SSSR count). The number of fused-ring (bicyclic) bond motifs is 1. The maximum absolute atomic E-state index is 13.1. The zero-order valence-electron chi connectivity index (χ0n) is 15.1. The molecule has 0 unspecified atom stereocenters. The lowest BCUT2D eigenvalue weighted by Gasteiger charge is -2.09. The molecule has 3 aromatic carbocycles. The third kappa shape index (κ3) is 3.55. The average molecular weight is 376 g/mol. The van der Waals surface area contributed by atoms with Crippen molar-refractivity contribution in [3.05, 3.63) is 83.7 Å². The highest BCUT2D eigenvalue weighted by Gasteiger charge is 2.12. The van der Waals surface area contributed by atoms with Crippen LogP contribution in [0.4, 0.5) is 10.1 Å². The number of hydrogen-bond acceptors (Lipinski definition) is 4. The number of hydrogen-bond donors (Lipinski definition) is 1. The molecule has 0 aliphatic heterocycles. The minimum Gasteiger partial charge on any atom is -0.495 e. The zero-order chi connectivity index (χ0) is 19.5. The predicted molar refractivity (Wildman–Crippen MR) is 104 cm³/mol. The van der Waals surface area contributed by atoms with Gasteiger partial charge in [0.2, 0.25) is 0 Å². The van der Waals surface area contributed by atoms with E-state index in [1.54, 1.807) is 54.3 Å². The second-order valence-corrected chi connectivity index (χ2v) is 6.23. The fraction of sp³-hybridized carbons (Fsp3) is 0.0952. The van der Waals surface area contributed by atoms with Crippen molar-refractivity contribution in [1.82, 2.24) is 15.0 Å². The van der Waals surface area contributed by atoms with Crippen LogP contribution in [0.1, 0.15) is 15.9 Å². The molecular formula is C21H17FN4O2. The Morgan fingerprint density at radius 3 is 2.68 bits per heavy atom. The van der Waals surface area contributed by atoms with Crippen LogP contribution in [0.25, 0.3) is 11.0 Å². The van der Waals surface area contributed by atoms with E-state index in [1.165, 1.54) is 12.1 Å². The molecule has 1 aromatic heterocycles. The van der Waals surface area contributed by atoms with Crippen LogP contribution in [0.5, 0.6) is 5.75 Å². The van der Waals surface area contributed by atoms with Crippen LogP contribution < -0.4 is 10.1 Å². The Morgan fingerprint density at radius 2 is 1.89 bits per heavy atom. The SMILES string of the molecule is COc1ccccc1NC(=O)c1ccc2c(c1)nnn2Cc1ccc(F)cc1. The Kier molecular flexibility index (Phi) is 4.72. The number of ether oxygens (including phenoxy) is 1. The molecule has 7 heteroatoms. The van der Waals surface area contributed by atoms with Crippen LogP contribution in [0.3, 0.4) is 0 Å². The minimum absolute atomic E-state index is 0.264. The molecule has 28 heavy (non-hydrogen) atoms. The van der Waals surface area contributed by atoms with E-state index in [0.717, 1.165) is 11.1 Å². The van der Waals surface area contributed by atoms with Crippen molar-refractivity contribution in [3.8, 4) is 5.75 Å². The highest BCUT2D eigenvalue weighted by Crippen LogP contribution is 2.24. The van der Waals surface area contributed by atoms with Gasteiger partial charge in [0.25, 0.3) is 5.91 Å². The lowest BCUT2D eigenvalue weighted by atomic mass is 10.1. The molecule has 4 aromatic rings. The summed E-state index contributed by atoms with van der Waals surface area (Å²) in [7, 11) is 1.55. The summed E-state index contributed by atoms with van der Waals surface area (Å²) in [6, 6.07) is 18.7. The Labute approximate surface area is 160 Å². The summed E-state index contributed by atoms with van der Waals surface area (Å²) >= 11 is 0. The minimum atomic E-state index is -0.280. The van der Waals surface area contributed by atoms with Crippen molar-refractivity contribution >= 4 is 22.6 Å². The second-order valence-electron chi connectivity index (χ2n) is 6.23. The molecule has 0 spiro atoms. The maximum Gasteiger partial charge on any atom is 0.255 e. The fourth-order valence-electron chi connectivity index (χ4n) is 2.94. The standard InChI is InChI=1S/C21H17FN4O2/c1-28-20-5-3-2-4-17(20)23-21(27)15-8-11-19-18(12-15)24-25-26(19)13-14-6-9-16(22)10-7-14/h2-12H,13H2,1H3,(H,23,27). The number of nitrogens with zero attached hydrogens (tertiary/aromatic N) is 3. The molecular weight excluding hydrogens is 359 g/mol. The average Bonchev–Trinajstić information content (AvgIpc) is 3.12. The number of methoxy groups -OCH3 is 1. The summed E-state index contributed by atoms with van der Waals surface area (Å²) in [6.45, 7) is 0.462. The molecule has 0 saturated heterocycles. The summed E-state index contributed by atoms with van der Waals surface area (Å²) in [6.07, 6.45) is 0. The summed E-state index contributed by atoms with van der Waals surface area (Å²) in [5.41, 5.74) is 3.36. The van der Waals surface area contributed by atoms with E-state index in [1.807, 2.05) is 12.1 Å². The quantitative estimate of drug-likeness (QED) is 0.574. The van der Waals surface area contributed by atoms with E-state index in [0.29, 0.717) is 29.1 Å². The van der Waals surface area contributed by atoms with Crippen LogP contribution in [0.15, 0.2) is 66.7 Å². The van der Waals surface area contributed by atoms with Crippen molar-refractivity contribution in [2.24, 2.45) is 0 Å². The van der Waals surface area contributed by atoms with E-state index in [-0.39, 0.29) is 11.7 Å². The summed E-state index contributed by atoms with van der Waals surface area (Å²) in [5, 5.41) is 11.1. The number of carbonyl (C=O) groups is 1. The summed E-state index contributed by atoms with van der Waals surface area (Å²) in [4.78, 5) is 12.6. The number of anilines is 1. The van der Waals surface area contributed by atoms with Gasteiger partial charge in [-0.2, -0.15) is 0 Å². The fourth-order valence-corrected chi connectivity index (χ4v) is 2.94. The van der Waals surface area contributed by atoms with Crippen LogP contribution in [0, 0.1) is 5.82 Å². The topological polar surface area (TPSA) is 69.0 Å². The lowest BCUT2D eigenvalue weighted by Crippen LogP contribution is -2.12. The van der Waals surface area contributed by atoms with E-state index in [9.17, 15) is 9.18 Å². The van der Waals surface area contributed by atoms with Crippen LogP contribution >= 0.6 is 0 Å². The number of benzene rings is 3. The van der Waals surface area contributed by atoms with Crippen molar-refractivity contribution < 1.29 is 13.9 Å². The Morgan fingerprint density at radius 1 is 1.11 bits per heavy atom. The molecule has 1 amide bonds. The molecule has 0 bridgehead atoms. The predicted octanol–water partition coefficient (Wildman–Crippen LogP) is 3.88. The molecule has 6 nitrogen and oxygen atoms in total. The van der Waals surface area contributed by atoms with Gasteiger partial charge in [-0.15, -0.1) is 5.10 Å². The van der Waals surface area contributed by atoms with Gasteiger partial charge < -0.3 is 10.1 Å². The van der Waals surface area contributed by atoms with E-state index >= 15 is 0 Å². The van der Waals surface area contributed by atoms with Crippen molar-refractivity contribution in [1.29, 1.82) is 0 Å². The van der Waals surface area contributed by atoms with E-state index in [4.69, 9.17) is 4.74 Å². The van der Waals surface area contributed by atoms with E-state index < -0.39 is 0 Å². The van der Waals surface area contributed by atoms with Crippen LogP contribution in [-0.4, -0.2) is 28.0 Å². The monoisotopic (exact) mass is 376 g/mol. The molecule has 0 fully saturated rings. The highest BCUT2D eigenvalue weighted by molar-refractivity contribution is 6.06. The molecule has 140 valence electrons. The summed E-state index contributed by atoms with van der Waals surface area (Å²) < 4.78 is 20.0. The smallest absolute Gasteiger partial charge is 0.255 e. The second kappa shape index (κ2) is 7.48. The number of nitrogens with one attached hydrogen (secondary N) is 1. The van der Waals surface area contributed by atoms with Gasteiger partial charge >= 0.3 is 0 Å². The van der Waals surface area contributed by atoms with E-state index in [2.05, 4.69) is 15.6 Å². The highest BCUT2D eigenvalue weighted by atomic mass is 19.1. The van der Waals surface area contributed by atoms with Gasteiger partial charge in [-0.05, 0) is 48.0 Å². The molecule has 1 N–H and O–H groups in total. The Bertz CT molecular complexity index is 1140. The van der Waals surface area contributed by atoms with Crippen molar-refractivity contribution in [2.75, 3.05) is 12.4 Å². The zero-order valence-corrected chi connectivity index (χ0v) is 15.1. The van der Waals surface area contributed by atoms with Gasteiger partial charge in [0.05, 0.1) is 24.9 Å². The molecule has 0 aliphatic carbocycles. The van der Waals surface area contributed by atoms with Gasteiger partial charge in [0.1, 0.15) is 17.1 Å². The molecule has 0 saturated carbocycles. The largest absolute Gasteiger partial charge is 0.495 e. The molecule has 1 heterocycles. The molecule has 0 radical (unpaired) electrons. The van der Waals surface area contributed by atoms with Gasteiger partial charge in [-0.3, -0.25) is 4.79 Å². The molecule has 0 aliphatic rings. The van der Waals surface area contributed by atoms with Crippen molar-refractivity contribution in [3.63, 3.8) is 0 Å². The normalized spacial score (nSPS) is 10.8. The lowest BCUT2D eigenvalue weighted by molar-refractivity contribution is 0.102. The Balaban J connectivity index is 1.56. The summed E-state index contributed by atoms with van der Waals surface area (Å²) in [5.74, 6) is 0.0413. The number of rotatable bonds is 5. The first-order valence-corrected chi connectivity index (χ1v) is 8.66. The first-order valence-electron chi connectivity index (χ1n) is 8.66. The number of carbonyl (C=O) groups excluding carboxylic acids is 1. The maximum atomic E-state index is 13.1. The van der Waals surface area contributed by atoms with Crippen molar-refractivity contribution in [2.45, 2.75) is 6.54 Å². The number of para-hydroxylation sites is 2. The Hall–Kier alpha value is -3.74. The number of aromatic nitrogens is 3. The third-order valence-electron chi connectivity index (χ3n) is 4.38. The number of amides is 1. The first-order chi connectivity index (χ1) is 13.6. The van der Waals surface area contributed by atoms with Gasteiger partial charge in [0.15, 0.2) is 0 Å². The number of halogens is 1. The van der Waals surface area contributed by atoms with Gasteiger partial charge in [-0.1, -0.05) is 29.5 Å². The van der Waals surface area contributed by atoms with Gasteiger partial charge in [0, 0.05) is 5.56 Å². The molecule has 0 atom stereocenters. The van der Waals surface area contributed by atoms with Crippen LogP contribution in [0.2, 0.25) is 0 Å². The first kappa shape index (κ1) is 17.7.